The van der Waals surface area contributed by atoms with Crippen LogP contribution in [0, 0.1) is 5.92 Å². The number of nitrogens with zero attached hydrogens (tertiary/aromatic N) is 1. The average molecular weight is 325 g/mol. The molecule has 1 saturated heterocycles. The minimum Gasteiger partial charge on any atom is -0.341 e. The van der Waals surface area contributed by atoms with Gasteiger partial charge < -0.3 is 10.2 Å². The van der Waals surface area contributed by atoms with E-state index < -0.39 is 0 Å². The molecule has 23 heavy (non-hydrogen) atoms. The van der Waals surface area contributed by atoms with Crippen LogP contribution in [0.4, 0.5) is 0 Å². The highest BCUT2D eigenvalue weighted by Crippen LogP contribution is 2.20. The number of unbranched alkanes of at least 4 members (excludes halogenated alkanes) is 1. The fourth-order valence-corrected chi connectivity index (χ4v) is 3.19. The second-order valence-electron chi connectivity index (χ2n) is 6.68. The molecule has 5 nitrogen and oxygen atoms in total. The van der Waals surface area contributed by atoms with Crippen molar-refractivity contribution in [3.8, 4) is 0 Å². The summed E-state index contributed by atoms with van der Waals surface area (Å²) in [5.74, 6) is 0.605. The first-order valence-electron chi connectivity index (χ1n) is 9.27. The van der Waals surface area contributed by atoms with Crippen LogP contribution in [0.1, 0.15) is 59.3 Å². The normalized spacial score (nSPS) is 18.7. The summed E-state index contributed by atoms with van der Waals surface area (Å²) in [4.78, 5) is 27.0. The molecule has 0 aromatic heterocycles. The molecule has 0 aromatic rings. The lowest BCUT2D eigenvalue weighted by Crippen LogP contribution is -2.52. The van der Waals surface area contributed by atoms with Gasteiger partial charge in [-0.25, -0.2) is 0 Å². The van der Waals surface area contributed by atoms with E-state index in [0.717, 1.165) is 51.6 Å². The highest BCUT2D eigenvalue weighted by molar-refractivity contribution is 5.87. The molecule has 0 aliphatic carbocycles. The van der Waals surface area contributed by atoms with E-state index in [1.165, 1.54) is 0 Å². The summed E-state index contributed by atoms with van der Waals surface area (Å²) >= 11 is 0. The van der Waals surface area contributed by atoms with Gasteiger partial charge in [-0.1, -0.05) is 33.1 Å². The summed E-state index contributed by atoms with van der Waals surface area (Å²) < 4.78 is 0. The van der Waals surface area contributed by atoms with Crippen LogP contribution in [-0.2, 0) is 9.59 Å². The van der Waals surface area contributed by atoms with Gasteiger partial charge in [0.25, 0.3) is 0 Å². The van der Waals surface area contributed by atoms with E-state index in [1.54, 1.807) is 7.05 Å². The number of hydrogen-bond donors (Lipinski definition) is 2. The van der Waals surface area contributed by atoms with Crippen LogP contribution in [-0.4, -0.2) is 55.4 Å². The smallest absolute Gasteiger partial charge is 0.240 e. The summed E-state index contributed by atoms with van der Waals surface area (Å²) in [7, 11) is 1.78. The second-order valence-corrected chi connectivity index (χ2v) is 6.68. The lowest BCUT2D eigenvalue weighted by atomic mass is 9.90. The zero-order valence-corrected chi connectivity index (χ0v) is 15.4. The van der Waals surface area contributed by atoms with Crippen molar-refractivity contribution >= 4 is 11.7 Å². The van der Waals surface area contributed by atoms with Gasteiger partial charge in [0, 0.05) is 13.1 Å². The van der Waals surface area contributed by atoms with Crippen LogP contribution >= 0.6 is 0 Å². The molecule has 0 radical (unpaired) electrons. The second kappa shape index (κ2) is 10.8. The van der Waals surface area contributed by atoms with Crippen molar-refractivity contribution < 1.29 is 9.59 Å². The zero-order chi connectivity index (χ0) is 17.2. The molecule has 1 rings (SSSR count). The topological polar surface area (TPSA) is 61.4 Å². The van der Waals surface area contributed by atoms with Crippen LogP contribution in [0.15, 0.2) is 0 Å². The number of nitrogens with one attached hydrogen (secondary N) is 2. The molecule has 0 bridgehead atoms. The van der Waals surface area contributed by atoms with Gasteiger partial charge in [0.1, 0.15) is 0 Å². The van der Waals surface area contributed by atoms with Gasteiger partial charge in [-0.3, -0.25) is 14.9 Å². The van der Waals surface area contributed by atoms with Crippen molar-refractivity contribution in [1.29, 1.82) is 0 Å². The minimum absolute atomic E-state index is 0.108. The van der Waals surface area contributed by atoms with E-state index in [4.69, 9.17) is 0 Å². The third-order valence-electron chi connectivity index (χ3n) is 5.02. The number of amides is 1. The Morgan fingerprint density at radius 3 is 2.35 bits per heavy atom. The van der Waals surface area contributed by atoms with Crippen LogP contribution in [0.25, 0.3) is 0 Å². The monoisotopic (exact) mass is 325 g/mol. The van der Waals surface area contributed by atoms with E-state index in [9.17, 15) is 9.59 Å². The van der Waals surface area contributed by atoms with Crippen molar-refractivity contribution in [1.82, 2.24) is 15.5 Å². The molecule has 0 saturated carbocycles. The first kappa shape index (κ1) is 20.1. The number of rotatable bonds is 11. The summed E-state index contributed by atoms with van der Waals surface area (Å²) in [6.45, 7) is 8.16. The molecule has 134 valence electrons. The van der Waals surface area contributed by atoms with Gasteiger partial charge in [-0.05, 0) is 39.2 Å². The van der Waals surface area contributed by atoms with Crippen LogP contribution in [0.5, 0.6) is 0 Å². The predicted octanol–water partition coefficient (Wildman–Crippen LogP) is 1.96. The highest BCUT2D eigenvalue weighted by atomic mass is 16.2. The fraction of sp³-hybridized carbons (Fsp3) is 0.889. The van der Waals surface area contributed by atoms with Gasteiger partial charge in [-0.2, -0.15) is 0 Å². The number of carbonyl (C=O) groups is 2. The lowest BCUT2D eigenvalue weighted by Gasteiger charge is -2.30. The number of likely N-dealkylation sites (tertiary alicyclic amines) is 1. The molecular weight excluding hydrogens is 290 g/mol. The Kier molecular flexibility index (Phi) is 9.41. The number of Topliss-reactive ketones (excluding diaryl/α,β-unsaturated/α-hetero) is 1. The molecule has 2 N–H and O–H groups in total. The maximum Gasteiger partial charge on any atom is 0.240 e. The third kappa shape index (κ3) is 6.22. The van der Waals surface area contributed by atoms with Crippen LogP contribution < -0.4 is 10.6 Å². The van der Waals surface area contributed by atoms with Crippen LogP contribution in [0.3, 0.4) is 0 Å². The maximum atomic E-state index is 12.9. The Bertz CT molecular complexity index is 367. The Labute approximate surface area is 141 Å². The number of likely N-dealkylation sites (N-methyl/N-ethyl adjacent to an activating group) is 1. The van der Waals surface area contributed by atoms with E-state index in [-0.39, 0.29) is 30.3 Å². The molecule has 1 fully saturated rings. The predicted molar refractivity (Wildman–Crippen MR) is 94.4 cm³/mol. The molecule has 1 amide bonds. The van der Waals surface area contributed by atoms with E-state index in [0.29, 0.717) is 5.92 Å². The zero-order valence-electron chi connectivity index (χ0n) is 15.4. The quantitative estimate of drug-likeness (QED) is 0.610. The van der Waals surface area contributed by atoms with Crippen molar-refractivity contribution in [2.45, 2.75) is 71.4 Å². The summed E-state index contributed by atoms with van der Waals surface area (Å²) in [6.07, 6.45) is 6.47. The number of ketones is 1. The van der Waals surface area contributed by atoms with Crippen molar-refractivity contribution in [3.63, 3.8) is 0 Å². The Balaban J connectivity index is 2.73. The molecule has 0 aromatic carbocycles. The largest absolute Gasteiger partial charge is 0.341 e. The maximum absolute atomic E-state index is 12.9. The molecule has 0 spiro atoms. The van der Waals surface area contributed by atoms with E-state index in [1.807, 2.05) is 11.8 Å². The summed E-state index contributed by atoms with van der Waals surface area (Å²) in [6, 6.07) is -0.404. The molecule has 1 aliphatic rings. The Morgan fingerprint density at radius 2 is 1.83 bits per heavy atom. The minimum atomic E-state index is -0.224. The molecule has 1 heterocycles. The highest BCUT2D eigenvalue weighted by Gasteiger charge is 2.32. The molecule has 5 heteroatoms. The Morgan fingerprint density at radius 1 is 1.17 bits per heavy atom. The Hall–Kier alpha value is -0.940. The number of hydrogen-bond acceptors (Lipinski definition) is 4. The van der Waals surface area contributed by atoms with Crippen molar-refractivity contribution in [2.24, 2.45) is 5.92 Å². The molecular formula is C18H35N3O2. The summed E-state index contributed by atoms with van der Waals surface area (Å²) in [5, 5.41) is 6.26. The fourth-order valence-electron chi connectivity index (χ4n) is 3.19. The van der Waals surface area contributed by atoms with E-state index >= 15 is 0 Å². The van der Waals surface area contributed by atoms with Gasteiger partial charge in [0.2, 0.25) is 5.91 Å². The summed E-state index contributed by atoms with van der Waals surface area (Å²) in [5.41, 5.74) is 0. The van der Waals surface area contributed by atoms with E-state index in [2.05, 4.69) is 24.5 Å². The van der Waals surface area contributed by atoms with Gasteiger partial charge >= 0.3 is 0 Å². The van der Waals surface area contributed by atoms with Gasteiger partial charge in [0.15, 0.2) is 5.78 Å². The van der Waals surface area contributed by atoms with Gasteiger partial charge in [0.05, 0.1) is 18.6 Å². The molecule has 3 atom stereocenters. The van der Waals surface area contributed by atoms with Crippen molar-refractivity contribution in [2.75, 3.05) is 26.7 Å². The molecule has 1 aliphatic heterocycles. The third-order valence-corrected chi connectivity index (χ3v) is 5.02. The standard InChI is InChI=1S/C18H35N3O2/c1-5-7-10-15(6-2)17(18(23)21-11-8-9-12-21)20-13-16(22)14(3)19-4/h14-15,17,19-20H,5-13H2,1-4H3/t14?,15-,17?/m1/s1. The van der Waals surface area contributed by atoms with Crippen molar-refractivity contribution in [3.05, 3.63) is 0 Å². The molecule has 2 unspecified atom stereocenters. The van der Waals surface area contributed by atoms with Gasteiger partial charge in [-0.15, -0.1) is 0 Å². The lowest BCUT2D eigenvalue weighted by molar-refractivity contribution is -0.134. The average Bonchev–Trinajstić information content (AvgIpc) is 3.10. The van der Waals surface area contributed by atoms with Crippen LogP contribution in [0.2, 0.25) is 0 Å². The number of carbonyl (C=O) groups excluding carboxylic acids is 2. The first-order valence-corrected chi connectivity index (χ1v) is 9.27. The first-order chi connectivity index (χ1) is 11.0. The SMILES string of the molecule is CCCC[C@@H](CC)C(NCC(=O)C(C)NC)C(=O)N1CCCC1.